The molecule has 1 aliphatic rings. The first kappa shape index (κ1) is 8.11. The highest BCUT2D eigenvalue weighted by molar-refractivity contribution is 5.34. The molecule has 0 bridgehead atoms. The van der Waals surface area contributed by atoms with E-state index >= 15 is 0 Å². The third-order valence-corrected chi connectivity index (χ3v) is 2.26. The van der Waals surface area contributed by atoms with E-state index in [9.17, 15) is 0 Å². The Kier molecular flexibility index (Phi) is 1.93. The van der Waals surface area contributed by atoms with Crippen LogP contribution in [0.25, 0.3) is 0 Å². The van der Waals surface area contributed by atoms with Gasteiger partial charge in [-0.1, -0.05) is 0 Å². The zero-order valence-corrected chi connectivity index (χ0v) is 7.69. The summed E-state index contributed by atoms with van der Waals surface area (Å²) in [4.78, 5) is 6.47. The molecule has 13 heavy (non-hydrogen) atoms. The summed E-state index contributed by atoms with van der Waals surface area (Å²) in [5.41, 5.74) is 0. The van der Waals surface area contributed by atoms with E-state index in [2.05, 4.69) is 20.9 Å². The lowest BCUT2D eigenvalue weighted by Crippen LogP contribution is -2.21. The van der Waals surface area contributed by atoms with Crippen molar-refractivity contribution >= 4 is 5.95 Å². The van der Waals surface area contributed by atoms with Crippen molar-refractivity contribution in [3.8, 4) is 12.3 Å². The molecule has 2 heterocycles. The summed E-state index contributed by atoms with van der Waals surface area (Å²) in [5, 5.41) is 4.10. The Morgan fingerprint density at radius 2 is 2.08 bits per heavy atom. The fraction of sp³-hybridized carbons (Fsp3) is 0.556. The van der Waals surface area contributed by atoms with E-state index in [4.69, 9.17) is 6.42 Å². The standard InChI is InChI=1S/C9H12N4/c1-3-8-10-9(12(2)11-8)13-6-4-5-7-13/h1H,4-7H2,2H3. The molecule has 1 saturated heterocycles. The normalized spacial score (nSPS) is 16.2. The van der Waals surface area contributed by atoms with Crippen LogP contribution < -0.4 is 4.90 Å². The van der Waals surface area contributed by atoms with E-state index < -0.39 is 0 Å². The van der Waals surface area contributed by atoms with E-state index in [1.54, 1.807) is 4.68 Å². The van der Waals surface area contributed by atoms with Gasteiger partial charge in [0.25, 0.3) is 0 Å². The molecular weight excluding hydrogens is 164 g/mol. The topological polar surface area (TPSA) is 34.0 Å². The van der Waals surface area contributed by atoms with E-state index in [1.807, 2.05) is 7.05 Å². The molecule has 0 unspecified atom stereocenters. The van der Waals surface area contributed by atoms with Gasteiger partial charge in [-0.2, -0.15) is 4.98 Å². The zero-order chi connectivity index (χ0) is 9.26. The third-order valence-electron chi connectivity index (χ3n) is 2.26. The second-order valence-corrected chi connectivity index (χ2v) is 3.20. The second kappa shape index (κ2) is 3.09. The Morgan fingerprint density at radius 1 is 1.38 bits per heavy atom. The SMILES string of the molecule is C#Cc1nc(N2CCCC2)n(C)n1. The van der Waals surface area contributed by atoms with E-state index in [0.29, 0.717) is 5.82 Å². The number of terminal acetylenes is 1. The van der Waals surface area contributed by atoms with Crippen LogP contribution in [0.5, 0.6) is 0 Å². The molecule has 0 atom stereocenters. The molecule has 1 aliphatic heterocycles. The van der Waals surface area contributed by atoms with Crippen LogP contribution >= 0.6 is 0 Å². The highest BCUT2D eigenvalue weighted by atomic mass is 15.4. The van der Waals surface area contributed by atoms with Crippen LogP contribution in [0.1, 0.15) is 18.7 Å². The summed E-state index contributed by atoms with van der Waals surface area (Å²) in [6.07, 6.45) is 7.69. The van der Waals surface area contributed by atoms with Crippen LogP contribution in [0.15, 0.2) is 0 Å². The Hall–Kier alpha value is -1.50. The fourth-order valence-corrected chi connectivity index (χ4v) is 1.63. The van der Waals surface area contributed by atoms with Gasteiger partial charge >= 0.3 is 0 Å². The Balaban J connectivity index is 2.29. The number of aryl methyl sites for hydroxylation is 1. The molecule has 1 fully saturated rings. The minimum Gasteiger partial charge on any atom is -0.341 e. The largest absolute Gasteiger partial charge is 0.341 e. The minimum atomic E-state index is 0.476. The van der Waals surface area contributed by atoms with Gasteiger partial charge in [0.15, 0.2) is 0 Å². The van der Waals surface area contributed by atoms with Crippen molar-refractivity contribution in [2.24, 2.45) is 7.05 Å². The first-order chi connectivity index (χ1) is 6.31. The van der Waals surface area contributed by atoms with Gasteiger partial charge in [-0.15, -0.1) is 11.5 Å². The van der Waals surface area contributed by atoms with Crippen molar-refractivity contribution in [2.45, 2.75) is 12.8 Å². The Bertz CT molecular complexity index is 341. The van der Waals surface area contributed by atoms with Crippen molar-refractivity contribution in [1.29, 1.82) is 0 Å². The van der Waals surface area contributed by atoms with Gasteiger partial charge in [-0.25, -0.2) is 4.68 Å². The minimum absolute atomic E-state index is 0.476. The molecular formula is C9H12N4. The lowest BCUT2D eigenvalue weighted by atomic mass is 10.4. The molecule has 68 valence electrons. The molecule has 0 aliphatic carbocycles. The van der Waals surface area contributed by atoms with Gasteiger partial charge in [-0.3, -0.25) is 0 Å². The molecule has 0 N–H and O–H groups in total. The summed E-state index contributed by atoms with van der Waals surface area (Å²) in [7, 11) is 1.88. The third kappa shape index (κ3) is 1.37. The monoisotopic (exact) mass is 176 g/mol. The van der Waals surface area contributed by atoms with E-state index in [1.165, 1.54) is 12.8 Å². The summed E-state index contributed by atoms with van der Waals surface area (Å²) >= 11 is 0. The number of aromatic nitrogens is 3. The van der Waals surface area contributed by atoms with Crippen LogP contribution in [0, 0.1) is 12.3 Å². The summed E-state index contributed by atoms with van der Waals surface area (Å²) in [6, 6.07) is 0. The number of hydrogen-bond donors (Lipinski definition) is 0. The quantitative estimate of drug-likeness (QED) is 0.581. The predicted octanol–water partition coefficient (Wildman–Crippen LogP) is 0.397. The lowest BCUT2D eigenvalue weighted by Gasteiger charge is -2.14. The van der Waals surface area contributed by atoms with Gasteiger partial charge in [0.2, 0.25) is 11.8 Å². The summed E-state index contributed by atoms with van der Waals surface area (Å²) in [5.74, 6) is 3.81. The van der Waals surface area contributed by atoms with Crippen molar-refractivity contribution in [3.05, 3.63) is 5.82 Å². The molecule has 0 radical (unpaired) electrons. The van der Waals surface area contributed by atoms with Crippen LogP contribution in [0.4, 0.5) is 5.95 Å². The molecule has 2 rings (SSSR count). The van der Waals surface area contributed by atoms with Gasteiger partial charge < -0.3 is 4.90 Å². The first-order valence-corrected chi connectivity index (χ1v) is 4.44. The molecule has 1 aromatic heterocycles. The zero-order valence-electron chi connectivity index (χ0n) is 7.69. The molecule has 4 heteroatoms. The number of anilines is 1. The van der Waals surface area contributed by atoms with E-state index in [-0.39, 0.29) is 0 Å². The maximum atomic E-state index is 5.22. The molecule has 4 nitrogen and oxygen atoms in total. The van der Waals surface area contributed by atoms with Crippen LogP contribution in [0.3, 0.4) is 0 Å². The van der Waals surface area contributed by atoms with Crippen LogP contribution in [-0.4, -0.2) is 27.9 Å². The maximum Gasteiger partial charge on any atom is 0.226 e. The highest BCUT2D eigenvalue weighted by Crippen LogP contribution is 2.16. The van der Waals surface area contributed by atoms with Crippen molar-refractivity contribution in [3.63, 3.8) is 0 Å². The van der Waals surface area contributed by atoms with Gasteiger partial charge in [0.05, 0.1) is 0 Å². The van der Waals surface area contributed by atoms with Gasteiger partial charge in [-0.05, 0) is 18.8 Å². The van der Waals surface area contributed by atoms with Crippen molar-refractivity contribution in [1.82, 2.24) is 14.8 Å². The summed E-state index contributed by atoms with van der Waals surface area (Å²) in [6.45, 7) is 2.13. The molecule has 0 saturated carbocycles. The summed E-state index contributed by atoms with van der Waals surface area (Å²) < 4.78 is 1.75. The Morgan fingerprint density at radius 3 is 2.62 bits per heavy atom. The van der Waals surface area contributed by atoms with E-state index in [0.717, 1.165) is 19.0 Å². The molecule has 0 spiro atoms. The fourth-order valence-electron chi connectivity index (χ4n) is 1.63. The van der Waals surface area contributed by atoms with Crippen LogP contribution in [0.2, 0.25) is 0 Å². The average molecular weight is 176 g/mol. The first-order valence-electron chi connectivity index (χ1n) is 4.44. The number of hydrogen-bond acceptors (Lipinski definition) is 3. The maximum absolute atomic E-state index is 5.22. The lowest BCUT2D eigenvalue weighted by molar-refractivity contribution is 0.733. The van der Waals surface area contributed by atoms with Crippen molar-refractivity contribution < 1.29 is 0 Å². The molecule has 0 amide bonds. The van der Waals surface area contributed by atoms with Gasteiger partial charge in [0, 0.05) is 20.1 Å². The highest BCUT2D eigenvalue weighted by Gasteiger charge is 2.17. The molecule has 1 aromatic rings. The smallest absolute Gasteiger partial charge is 0.226 e. The average Bonchev–Trinajstić information content (AvgIpc) is 2.72. The number of rotatable bonds is 1. The van der Waals surface area contributed by atoms with Crippen LogP contribution in [-0.2, 0) is 7.05 Å². The van der Waals surface area contributed by atoms with Gasteiger partial charge in [0.1, 0.15) is 0 Å². The predicted molar refractivity (Wildman–Crippen MR) is 50.4 cm³/mol. The van der Waals surface area contributed by atoms with Crippen molar-refractivity contribution in [2.75, 3.05) is 18.0 Å². The molecule has 0 aromatic carbocycles. The second-order valence-electron chi connectivity index (χ2n) is 3.20. The Labute approximate surface area is 77.6 Å². The number of nitrogens with zero attached hydrogens (tertiary/aromatic N) is 4.